The van der Waals surface area contributed by atoms with Crippen molar-refractivity contribution in [1.29, 1.82) is 5.26 Å². The van der Waals surface area contributed by atoms with Gasteiger partial charge in [0.05, 0.1) is 30.9 Å². The van der Waals surface area contributed by atoms with Crippen LogP contribution in [0, 0.1) is 17.1 Å². The van der Waals surface area contributed by atoms with Crippen LogP contribution in [0.25, 0.3) is 10.9 Å². The van der Waals surface area contributed by atoms with E-state index in [1.807, 2.05) is 70.4 Å². The number of hydrogen-bond donors (Lipinski definition) is 0. The highest BCUT2D eigenvalue weighted by molar-refractivity contribution is 5.93. The summed E-state index contributed by atoms with van der Waals surface area (Å²) in [6.45, 7) is 7.29. The Hall–Kier alpha value is -4.19. The summed E-state index contributed by atoms with van der Waals surface area (Å²) in [6, 6.07) is 20.0. The summed E-state index contributed by atoms with van der Waals surface area (Å²) in [5.74, 6) is 0.417. The molecule has 0 saturated carbocycles. The maximum atomic E-state index is 13.8. The Balaban J connectivity index is 1.37. The summed E-state index contributed by atoms with van der Waals surface area (Å²) < 4.78 is 33.0. The Kier molecular flexibility index (Phi) is 8.09. The summed E-state index contributed by atoms with van der Waals surface area (Å²) in [7, 11) is 3.67. The number of methoxy groups -OCH3 is 1. The fraction of sp³-hybridized carbons (Fsp3) is 0.353. The quantitative estimate of drug-likeness (QED) is 0.225. The van der Waals surface area contributed by atoms with Crippen molar-refractivity contribution in [2.24, 2.45) is 0 Å². The Labute approximate surface area is 246 Å². The number of halogens is 1. The highest BCUT2D eigenvalue weighted by atomic mass is 19.1. The van der Waals surface area contributed by atoms with Crippen LogP contribution >= 0.6 is 0 Å². The van der Waals surface area contributed by atoms with Crippen molar-refractivity contribution < 1.29 is 23.4 Å². The number of nitrogens with zero attached hydrogens (tertiary/aromatic N) is 3. The molecule has 2 heterocycles. The molecular formula is C34H36FN3O4. The molecule has 0 amide bonds. The van der Waals surface area contributed by atoms with Gasteiger partial charge < -0.3 is 19.1 Å². The van der Waals surface area contributed by atoms with Crippen molar-refractivity contribution >= 4 is 17.0 Å². The molecule has 0 spiro atoms. The molecular weight excluding hydrogens is 533 g/mol. The van der Waals surface area contributed by atoms with E-state index in [4.69, 9.17) is 14.2 Å². The molecule has 0 saturated heterocycles. The number of rotatable bonds is 8. The second-order valence-corrected chi connectivity index (χ2v) is 11.8. The van der Waals surface area contributed by atoms with Gasteiger partial charge in [-0.25, -0.2) is 9.18 Å². The van der Waals surface area contributed by atoms with Crippen LogP contribution in [-0.4, -0.2) is 41.9 Å². The molecule has 3 aromatic carbocycles. The van der Waals surface area contributed by atoms with Crippen LogP contribution in [0.15, 0.2) is 66.9 Å². The highest BCUT2D eigenvalue weighted by Gasteiger charge is 2.41. The number of nitriles is 1. The summed E-state index contributed by atoms with van der Waals surface area (Å²) >= 11 is 0. The number of aromatic nitrogens is 1. The smallest absolute Gasteiger partial charge is 0.419 e. The maximum Gasteiger partial charge on any atom is 0.419 e. The lowest BCUT2D eigenvalue weighted by atomic mass is 9.81. The number of carbonyl (C=O) groups is 1. The van der Waals surface area contributed by atoms with E-state index in [2.05, 4.69) is 11.0 Å². The molecule has 0 bridgehead atoms. The van der Waals surface area contributed by atoms with Crippen LogP contribution in [0.5, 0.6) is 5.75 Å². The van der Waals surface area contributed by atoms with Gasteiger partial charge in [0.2, 0.25) is 0 Å². The Morgan fingerprint density at radius 1 is 1.14 bits per heavy atom. The fourth-order valence-corrected chi connectivity index (χ4v) is 5.72. The summed E-state index contributed by atoms with van der Waals surface area (Å²) in [6.07, 6.45) is 2.89. The third kappa shape index (κ3) is 5.89. The first-order chi connectivity index (χ1) is 20.0. The third-order valence-corrected chi connectivity index (χ3v) is 7.65. The lowest BCUT2D eigenvalue weighted by molar-refractivity contribution is -0.0143. The molecule has 0 N–H and O–H groups in total. The molecule has 7 nitrogen and oxygen atoms in total. The lowest BCUT2D eigenvalue weighted by Crippen LogP contribution is -2.29. The van der Waals surface area contributed by atoms with E-state index in [1.54, 1.807) is 23.8 Å². The highest BCUT2D eigenvalue weighted by Crippen LogP contribution is 2.45. The van der Waals surface area contributed by atoms with Crippen molar-refractivity contribution in [2.45, 2.75) is 58.0 Å². The predicted molar refractivity (Wildman–Crippen MR) is 159 cm³/mol. The lowest BCUT2D eigenvalue weighted by Gasteiger charge is -2.31. The van der Waals surface area contributed by atoms with E-state index in [9.17, 15) is 14.4 Å². The van der Waals surface area contributed by atoms with Crippen LogP contribution in [-0.2, 0) is 28.2 Å². The van der Waals surface area contributed by atoms with Crippen LogP contribution in [0.3, 0.4) is 0 Å². The molecule has 1 aliphatic heterocycles. The van der Waals surface area contributed by atoms with E-state index in [0.717, 1.165) is 46.1 Å². The van der Waals surface area contributed by atoms with Gasteiger partial charge >= 0.3 is 6.09 Å². The predicted octanol–water partition coefficient (Wildman–Crippen LogP) is 7.13. The van der Waals surface area contributed by atoms with Gasteiger partial charge in [-0.05, 0) is 112 Å². The normalized spacial score (nSPS) is 16.4. The topological polar surface area (TPSA) is 76.7 Å². The first-order valence-corrected chi connectivity index (χ1v) is 14.1. The average molecular weight is 570 g/mol. The zero-order valence-electron chi connectivity index (χ0n) is 24.7. The number of benzene rings is 3. The zero-order valence-corrected chi connectivity index (χ0v) is 24.7. The maximum absolute atomic E-state index is 13.8. The molecule has 1 unspecified atom stereocenters. The number of fused-ring (bicyclic) bond motifs is 2. The van der Waals surface area contributed by atoms with E-state index in [0.29, 0.717) is 30.9 Å². The summed E-state index contributed by atoms with van der Waals surface area (Å²) in [5.41, 5.74) is 3.89. The SMILES string of the molecule is COc1ccc2c(c1)c(CN(C)CCCC1(c3ccc(F)cc3)OCc3cc(C#N)ccc31)cn2C(=O)OC(C)(C)C. The molecule has 1 aliphatic rings. The second kappa shape index (κ2) is 11.6. The van der Waals surface area contributed by atoms with Gasteiger partial charge in [0, 0.05) is 18.1 Å². The third-order valence-electron chi connectivity index (χ3n) is 7.65. The first kappa shape index (κ1) is 29.3. The molecule has 0 radical (unpaired) electrons. The molecule has 8 heteroatoms. The van der Waals surface area contributed by atoms with Gasteiger partial charge in [0.25, 0.3) is 0 Å². The van der Waals surface area contributed by atoms with Gasteiger partial charge in [0.15, 0.2) is 0 Å². The molecule has 1 atom stereocenters. The van der Waals surface area contributed by atoms with E-state index >= 15 is 0 Å². The molecule has 0 aliphatic carbocycles. The van der Waals surface area contributed by atoms with Crippen molar-refractivity contribution in [2.75, 3.05) is 20.7 Å². The number of ether oxygens (including phenoxy) is 3. The van der Waals surface area contributed by atoms with Crippen LogP contribution in [0.4, 0.5) is 9.18 Å². The minimum atomic E-state index is -0.724. The van der Waals surface area contributed by atoms with E-state index in [-0.39, 0.29) is 5.82 Å². The van der Waals surface area contributed by atoms with Gasteiger partial charge in [0.1, 0.15) is 22.8 Å². The van der Waals surface area contributed by atoms with Gasteiger partial charge in [-0.3, -0.25) is 4.57 Å². The van der Waals surface area contributed by atoms with Crippen LogP contribution in [0.1, 0.15) is 61.4 Å². The van der Waals surface area contributed by atoms with Crippen LogP contribution in [0.2, 0.25) is 0 Å². The largest absolute Gasteiger partial charge is 0.497 e. The monoisotopic (exact) mass is 569 g/mol. The van der Waals surface area contributed by atoms with Crippen molar-refractivity contribution in [3.63, 3.8) is 0 Å². The molecule has 218 valence electrons. The molecule has 5 rings (SSSR count). The number of hydrogen-bond acceptors (Lipinski definition) is 6. The minimum absolute atomic E-state index is 0.297. The van der Waals surface area contributed by atoms with Crippen molar-refractivity contribution in [3.8, 4) is 11.8 Å². The minimum Gasteiger partial charge on any atom is -0.497 e. The van der Waals surface area contributed by atoms with Crippen molar-refractivity contribution in [3.05, 3.63) is 100 Å². The van der Waals surface area contributed by atoms with E-state index < -0.39 is 17.3 Å². The van der Waals surface area contributed by atoms with E-state index in [1.165, 1.54) is 12.1 Å². The zero-order chi connectivity index (χ0) is 30.1. The Bertz CT molecular complexity index is 1650. The van der Waals surface area contributed by atoms with Crippen LogP contribution < -0.4 is 4.74 Å². The summed E-state index contributed by atoms with van der Waals surface area (Å²) in [4.78, 5) is 15.2. The fourth-order valence-electron chi connectivity index (χ4n) is 5.72. The average Bonchev–Trinajstić information content (AvgIpc) is 3.51. The Morgan fingerprint density at radius 3 is 2.60 bits per heavy atom. The number of carbonyl (C=O) groups excluding carboxylic acids is 1. The Morgan fingerprint density at radius 2 is 1.90 bits per heavy atom. The first-order valence-electron chi connectivity index (χ1n) is 14.1. The summed E-state index contributed by atoms with van der Waals surface area (Å²) in [5, 5.41) is 10.3. The van der Waals surface area contributed by atoms with Gasteiger partial charge in [-0.15, -0.1) is 0 Å². The molecule has 0 fully saturated rings. The van der Waals surface area contributed by atoms with Gasteiger partial charge in [-0.2, -0.15) is 5.26 Å². The van der Waals surface area contributed by atoms with Crippen molar-refractivity contribution in [1.82, 2.24) is 9.47 Å². The standard InChI is InChI=1S/C34H36FN3O4/c1-33(2,3)42-32(39)38-21-25(29-18-28(40-5)12-14-31(29)38)20-37(4)16-6-15-34(26-8-10-27(35)11-9-26)30-13-7-23(19-36)17-24(30)22-41-34/h7-14,17-18,21H,6,15-16,20,22H2,1-5H3. The second-order valence-electron chi connectivity index (χ2n) is 11.8. The van der Waals surface area contributed by atoms with Gasteiger partial charge in [-0.1, -0.05) is 18.2 Å². The molecule has 4 aromatic rings. The molecule has 42 heavy (non-hydrogen) atoms. The molecule has 1 aromatic heterocycles.